The topological polar surface area (TPSA) is 116 Å². The maximum Gasteiger partial charge on any atom is 0.344 e. The summed E-state index contributed by atoms with van der Waals surface area (Å²) < 4.78 is 10.6. The third-order valence-corrected chi connectivity index (χ3v) is 3.77. The van der Waals surface area contributed by atoms with Gasteiger partial charge >= 0.3 is 11.9 Å². The molecule has 0 amide bonds. The van der Waals surface area contributed by atoms with Crippen LogP contribution >= 0.6 is 0 Å². The van der Waals surface area contributed by atoms with E-state index in [9.17, 15) is 19.7 Å². The van der Waals surface area contributed by atoms with Gasteiger partial charge in [-0.15, -0.1) is 0 Å². The van der Waals surface area contributed by atoms with Crippen molar-refractivity contribution in [2.24, 2.45) is 0 Å². The van der Waals surface area contributed by atoms with Crippen LogP contribution < -0.4 is 4.74 Å². The van der Waals surface area contributed by atoms with Gasteiger partial charge < -0.3 is 14.6 Å². The molecule has 2 rings (SSSR count). The number of hydrogen-bond acceptors (Lipinski definition) is 6. The normalized spacial score (nSPS) is 15.9. The summed E-state index contributed by atoms with van der Waals surface area (Å²) in [5, 5.41) is 19.7. The number of carboxylic acids is 1. The predicted molar refractivity (Wildman–Crippen MR) is 78.5 cm³/mol. The summed E-state index contributed by atoms with van der Waals surface area (Å²) in [7, 11) is 0. The van der Waals surface area contributed by atoms with Gasteiger partial charge in [-0.2, -0.15) is 0 Å². The van der Waals surface area contributed by atoms with Crippen molar-refractivity contribution in [1.82, 2.24) is 0 Å². The number of nitro groups is 1. The molecule has 8 heteroatoms. The maximum absolute atomic E-state index is 11.8. The molecule has 1 saturated carbocycles. The molecule has 1 aromatic carbocycles. The molecule has 8 nitrogen and oxygen atoms in total. The molecule has 0 unspecified atom stereocenters. The van der Waals surface area contributed by atoms with Crippen molar-refractivity contribution in [1.29, 1.82) is 0 Å². The number of aromatic carboxylic acids is 1. The van der Waals surface area contributed by atoms with E-state index in [1.165, 1.54) is 6.07 Å². The van der Waals surface area contributed by atoms with E-state index in [1.54, 1.807) is 0 Å². The van der Waals surface area contributed by atoms with Crippen LogP contribution in [0.15, 0.2) is 18.2 Å². The highest BCUT2D eigenvalue weighted by Gasteiger charge is 2.32. The fourth-order valence-electron chi connectivity index (χ4n) is 2.61. The van der Waals surface area contributed by atoms with Crippen LogP contribution in [0.2, 0.25) is 0 Å². The zero-order chi connectivity index (χ0) is 17.0. The average Bonchev–Trinajstić information content (AvgIpc) is 2.90. The number of rotatable bonds is 6. The maximum atomic E-state index is 11.8. The molecule has 0 radical (unpaired) electrons. The van der Waals surface area contributed by atoms with Crippen LogP contribution in [-0.4, -0.2) is 34.2 Å². The highest BCUT2D eigenvalue weighted by Crippen LogP contribution is 2.32. The second kappa shape index (κ2) is 6.64. The Morgan fingerprint density at radius 3 is 2.57 bits per heavy atom. The number of esters is 1. The van der Waals surface area contributed by atoms with E-state index < -0.39 is 33.7 Å². The lowest BCUT2D eigenvalue weighted by atomic mass is 10.1. The Labute approximate surface area is 132 Å². The summed E-state index contributed by atoms with van der Waals surface area (Å²) in [6.45, 7) is 1.48. The number of nitro benzene ring substituents is 1. The van der Waals surface area contributed by atoms with Crippen LogP contribution in [0.1, 0.15) is 43.0 Å². The zero-order valence-corrected chi connectivity index (χ0v) is 12.6. The van der Waals surface area contributed by atoms with E-state index in [0.29, 0.717) is 0 Å². The molecule has 1 fully saturated rings. The molecule has 124 valence electrons. The van der Waals surface area contributed by atoms with E-state index >= 15 is 0 Å². The number of carboxylic acid groups (broad SMARTS) is 1. The van der Waals surface area contributed by atoms with Gasteiger partial charge in [0, 0.05) is 12.1 Å². The minimum atomic E-state index is -1.44. The van der Waals surface area contributed by atoms with Gasteiger partial charge in [0.1, 0.15) is 16.9 Å². The number of benzene rings is 1. The van der Waals surface area contributed by atoms with Gasteiger partial charge in [0.05, 0.1) is 4.92 Å². The first kappa shape index (κ1) is 16.7. The van der Waals surface area contributed by atoms with Crippen molar-refractivity contribution >= 4 is 17.6 Å². The standard InChI is InChI=1S/C15H17NO7/c1-15(6-2-3-7-15)23-13(17)9-22-10-4-5-12(16(20)21)11(8-10)14(18)19/h4-5,8H,2-3,6-7,9H2,1H3,(H,18,19). The number of ether oxygens (including phenoxy) is 2. The third-order valence-electron chi connectivity index (χ3n) is 3.77. The quantitative estimate of drug-likeness (QED) is 0.485. The lowest BCUT2D eigenvalue weighted by Crippen LogP contribution is -2.30. The van der Waals surface area contributed by atoms with E-state index in [2.05, 4.69) is 0 Å². The Kier molecular flexibility index (Phi) is 4.83. The van der Waals surface area contributed by atoms with Gasteiger partial charge in [0.25, 0.3) is 5.69 Å². The third kappa shape index (κ3) is 4.18. The van der Waals surface area contributed by atoms with Crippen LogP contribution in [0.25, 0.3) is 0 Å². The first-order chi connectivity index (χ1) is 10.8. The summed E-state index contributed by atoms with van der Waals surface area (Å²) >= 11 is 0. The van der Waals surface area contributed by atoms with Crippen LogP contribution in [0.5, 0.6) is 5.75 Å². The number of carbonyl (C=O) groups is 2. The zero-order valence-electron chi connectivity index (χ0n) is 12.6. The van der Waals surface area contributed by atoms with Crippen LogP contribution in [-0.2, 0) is 9.53 Å². The molecule has 1 aliphatic rings. The second-order valence-electron chi connectivity index (χ2n) is 5.66. The van der Waals surface area contributed by atoms with Gasteiger partial charge in [0.2, 0.25) is 0 Å². The van der Waals surface area contributed by atoms with Crippen molar-refractivity contribution in [3.63, 3.8) is 0 Å². The molecule has 1 aliphatic carbocycles. The van der Waals surface area contributed by atoms with E-state index in [-0.39, 0.29) is 12.4 Å². The summed E-state index contributed by atoms with van der Waals surface area (Å²) in [5.74, 6) is -1.94. The SMILES string of the molecule is CC1(OC(=O)COc2ccc([N+](=O)[O-])c(C(=O)O)c2)CCCC1. The van der Waals surface area contributed by atoms with Crippen LogP contribution in [0.3, 0.4) is 0 Å². The fourth-order valence-corrected chi connectivity index (χ4v) is 2.61. The molecule has 0 aromatic heterocycles. The molecule has 0 aliphatic heterocycles. The van der Waals surface area contributed by atoms with E-state index in [4.69, 9.17) is 14.6 Å². The molecule has 0 bridgehead atoms. The van der Waals surface area contributed by atoms with Crippen molar-refractivity contribution < 1.29 is 29.1 Å². The first-order valence-electron chi connectivity index (χ1n) is 7.17. The largest absolute Gasteiger partial charge is 0.482 e. The minimum absolute atomic E-state index is 0.0570. The van der Waals surface area contributed by atoms with Crippen molar-refractivity contribution in [3.8, 4) is 5.75 Å². The summed E-state index contributed by atoms with van der Waals surface area (Å²) in [6, 6.07) is 3.29. The van der Waals surface area contributed by atoms with Gasteiger partial charge in [-0.25, -0.2) is 9.59 Å². The molecule has 0 atom stereocenters. The van der Waals surface area contributed by atoms with Crippen molar-refractivity contribution in [2.45, 2.75) is 38.2 Å². The molecular weight excluding hydrogens is 306 g/mol. The summed E-state index contributed by atoms with van der Waals surface area (Å²) in [6.07, 6.45) is 3.63. The highest BCUT2D eigenvalue weighted by atomic mass is 16.6. The minimum Gasteiger partial charge on any atom is -0.482 e. The lowest BCUT2D eigenvalue weighted by Gasteiger charge is -2.23. The highest BCUT2D eigenvalue weighted by molar-refractivity contribution is 5.92. The second-order valence-corrected chi connectivity index (χ2v) is 5.66. The molecular formula is C15H17NO7. The van der Waals surface area contributed by atoms with Gasteiger partial charge in [-0.05, 0) is 38.7 Å². The van der Waals surface area contributed by atoms with Crippen molar-refractivity contribution in [2.75, 3.05) is 6.61 Å². The average molecular weight is 323 g/mol. The van der Waals surface area contributed by atoms with Gasteiger partial charge in [-0.3, -0.25) is 10.1 Å². The molecule has 0 heterocycles. The monoisotopic (exact) mass is 323 g/mol. The Morgan fingerprint density at radius 2 is 2.00 bits per heavy atom. The van der Waals surface area contributed by atoms with Crippen LogP contribution in [0, 0.1) is 10.1 Å². The Balaban J connectivity index is 2.00. The number of hydrogen-bond donors (Lipinski definition) is 1. The van der Waals surface area contributed by atoms with Gasteiger partial charge in [0.15, 0.2) is 6.61 Å². The molecule has 0 spiro atoms. The summed E-state index contributed by atoms with van der Waals surface area (Å²) in [5.41, 5.74) is -1.50. The lowest BCUT2D eigenvalue weighted by molar-refractivity contribution is -0.385. The van der Waals surface area contributed by atoms with Crippen molar-refractivity contribution in [3.05, 3.63) is 33.9 Å². The predicted octanol–water partition coefficient (Wildman–Crippen LogP) is 2.55. The molecule has 23 heavy (non-hydrogen) atoms. The molecule has 1 N–H and O–H groups in total. The summed E-state index contributed by atoms with van der Waals surface area (Å²) in [4.78, 5) is 32.8. The Bertz CT molecular complexity index is 635. The fraction of sp³-hybridized carbons (Fsp3) is 0.467. The van der Waals surface area contributed by atoms with Crippen LogP contribution in [0.4, 0.5) is 5.69 Å². The van der Waals surface area contributed by atoms with E-state index in [0.717, 1.165) is 37.8 Å². The molecule has 0 saturated heterocycles. The number of nitrogens with zero attached hydrogens (tertiary/aromatic N) is 1. The number of carbonyl (C=O) groups excluding carboxylic acids is 1. The Hall–Kier alpha value is -2.64. The molecule has 1 aromatic rings. The van der Waals surface area contributed by atoms with Gasteiger partial charge in [-0.1, -0.05) is 0 Å². The van der Waals surface area contributed by atoms with E-state index in [1.807, 2.05) is 6.92 Å². The first-order valence-corrected chi connectivity index (χ1v) is 7.17. The Morgan fingerprint density at radius 1 is 1.35 bits per heavy atom. The smallest absolute Gasteiger partial charge is 0.344 e.